The molecule has 1 saturated carbocycles. The summed E-state index contributed by atoms with van der Waals surface area (Å²) in [5.41, 5.74) is 5.96. The summed E-state index contributed by atoms with van der Waals surface area (Å²) >= 11 is 0. The van der Waals surface area contributed by atoms with Crippen molar-refractivity contribution in [2.45, 2.75) is 52.1 Å². The standard InChI is InChI=1S/C13H22N4O/c1-9(2)7-17-13(15-8-16-17)6-11(18)5-12(14)10-3-4-10/h8-10,12H,3-7,14H2,1-2H3. The van der Waals surface area contributed by atoms with Gasteiger partial charge in [-0.1, -0.05) is 13.8 Å². The minimum atomic E-state index is 0.0407. The molecule has 1 aliphatic rings. The molecule has 1 fully saturated rings. The van der Waals surface area contributed by atoms with Crippen LogP contribution in [0, 0.1) is 11.8 Å². The van der Waals surface area contributed by atoms with Gasteiger partial charge in [-0.2, -0.15) is 5.10 Å². The van der Waals surface area contributed by atoms with Crippen LogP contribution in [0.3, 0.4) is 0 Å². The molecule has 1 aliphatic carbocycles. The van der Waals surface area contributed by atoms with Crippen molar-refractivity contribution in [1.29, 1.82) is 0 Å². The van der Waals surface area contributed by atoms with Crippen molar-refractivity contribution < 1.29 is 4.79 Å². The van der Waals surface area contributed by atoms with E-state index in [9.17, 15) is 4.79 Å². The van der Waals surface area contributed by atoms with Crippen LogP contribution >= 0.6 is 0 Å². The Bertz CT molecular complexity index is 409. The molecule has 2 rings (SSSR count). The number of carbonyl (C=O) groups excluding carboxylic acids is 1. The summed E-state index contributed by atoms with van der Waals surface area (Å²) in [5.74, 6) is 2.00. The number of rotatable bonds is 7. The van der Waals surface area contributed by atoms with E-state index in [1.807, 2.05) is 4.68 Å². The summed E-state index contributed by atoms with van der Waals surface area (Å²) < 4.78 is 1.82. The van der Waals surface area contributed by atoms with Gasteiger partial charge in [-0.3, -0.25) is 4.79 Å². The molecular weight excluding hydrogens is 228 g/mol. The molecular formula is C13H22N4O. The summed E-state index contributed by atoms with van der Waals surface area (Å²) in [5, 5.41) is 4.16. The van der Waals surface area contributed by atoms with E-state index in [2.05, 4.69) is 23.9 Å². The molecule has 1 unspecified atom stereocenters. The van der Waals surface area contributed by atoms with Gasteiger partial charge in [-0.15, -0.1) is 0 Å². The highest BCUT2D eigenvalue weighted by Gasteiger charge is 2.29. The van der Waals surface area contributed by atoms with Gasteiger partial charge in [0, 0.05) is 19.0 Å². The maximum Gasteiger partial charge on any atom is 0.142 e. The van der Waals surface area contributed by atoms with Gasteiger partial charge >= 0.3 is 0 Å². The van der Waals surface area contributed by atoms with Crippen molar-refractivity contribution in [2.24, 2.45) is 17.6 Å². The van der Waals surface area contributed by atoms with E-state index in [0.717, 1.165) is 12.4 Å². The SMILES string of the molecule is CC(C)Cn1ncnc1CC(=O)CC(N)C1CC1. The van der Waals surface area contributed by atoms with E-state index < -0.39 is 0 Å². The molecule has 0 aliphatic heterocycles. The Morgan fingerprint density at radius 2 is 2.28 bits per heavy atom. The zero-order valence-corrected chi connectivity index (χ0v) is 11.2. The number of nitrogens with zero attached hydrogens (tertiary/aromatic N) is 3. The molecule has 5 heteroatoms. The Balaban J connectivity index is 1.87. The second-order valence-electron chi connectivity index (χ2n) is 5.67. The zero-order chi connectivity index (χ0) is 13.1. The first-order valence-electron chi connectivity index (χ1n) is 6.70. The van der Waals surface area contributed by atoms with Crippen molar-refractivity contribution in [1.82, 2.24) is 14.8 Å². The van der Waals surface area contributed by atoms with Crippen LogP contribution in [0.2, 0.25) is 0 Å². The molecule has 1 atom stereocenters. The lowest BCUT2D eigenvalue weighted by Crippen LogP contribution is -2.27. The fourth-order valence-corrected chi connectivity index (χ4v) is 2.13. The Kier molecular flexibility index (Phi) is 4.11. The maximum absolute atomic E-state index is 11.9. The number of carbonyl (C=O) groups is 1. The van der Waals surface area contributed by atoms with Crippen molar-refractivity contribution >= 4 is 5.78 Å². The Morgan fingerprint density at radius 1 is 1.56 bits per heavy atom. The van der Waals surface area contributed by atoms with Crippen molar-refractivity contribution in [3.8, 4) is 0 Å². The largest absolute Gasteiger partial charge is 0.327 e. The van der Waals surface area contributed by atoms with Crippen molar-refractivity contribution in [3.05, 3.63) is 12.2 Å². The Hall–Kier alpha value is -1.23. The van der Waals surface area contributed by atoms with Crippen LogP contribution in [0.25, 0.3) is 0 Å². The molecule has 18 heavy (non-hydrogen) atoms. The van der Waals surface area contributed by atoms with Gasteiger partial charge in [0.15, 0.2) is 0 Å². The third kappa shape index (κ3) is 3.63. The number of Topliss-reactive ketones (excluding diaryl/α,β-unsaturated/α-hetero) is 1. The quantitative estimate of drug-likeness (QED) is 0.788. The fraction of sp³-hybridized carbons (Fsp3) is 0.769. The van der Waals surface area contributed by atoms with Crippen LogP contribution in [0.1, 0.15) is 38.9 Å². The second kappa shape index (κ2) is 5.61. The third-order valence-corrected chi connectivity index (χ3v) is 3.28. The van der Waals surface area contributed by atoms with E-state index in [0.29, 0.717) is 24.7 Å². The molecule has 100 valence electrons. The lowest BCUT2D eigenvalue weighted by atomic mass is 10.0. The first-order chi connectivity index (χ1) is 8.56. The van der Waals surface area contributed by atoms with Crippen LogP contribution in [0.15, 0.2) is 6.33 Å². The molecule has 0 spiro atoms. The molecule has 0 amide bonds. The van der Waals surface area contributed by atoms with Crippen LogP contribution < -0.4 is 5.73 Å². The topological polar surface area (TPSA) is 73.8 Å². The maximum atomic E-state index is 11.9. The number of hydrogen-bond donors (Lipinski definition) is 1. The molecule has 0 saturated heterocycles. The van der Waals surface area contributed by atoms with E-state index in [1.165, 1.54) is 19.2 Å². The smallest absolute Gasteiger partial charge is 0.142 e. The normalized spacial score (nSPS) is 17.1. The van der Waals surface area contributed by atoms with Gasteiger partial charge in [-0.25, -0.2) is 9.67 Å². The van der Waals surface area contributed by atoms with Crippen molar-refractivity contribution in [2.75, 3.05) is 0 Å². The van der Waals surface area contributed by atoms with E-state index in [-0.39, 0.29) is 11.8 Å². The predicted octanol–water partition coefficient (Wildman–Crippen LogP) is 1.17. The molecule has 0 aromatic carbocycles. The lowest BCUT2D eigenvalue weighted by Gasteiger charge is -2.10. The molecule has 0 radical (unpaired) electrons. The molecule has 0 bridgehead atoms. The summed E-state index contributed by atoms with van der Waals surface area (Å²) in [6.45, 7) is 5.05. The first kappa shape index (κ1) is 13.2. The van der Waals surface area contributed by atoms with Crippen LogP contribution in [0.4, 0.5) is 0 Å². The summed E-state index contributed by atoms with van der Waals surface area (Å²) in [6, 6.07) is 0.0407. The molecule has 1 heterocycles. The molecule has 5 nitrogen and oxygen atoms in total. The third-order valence-electron chi connectivity index (χ3n) is 3.28. The summed E-state index contributed by atoms with van der Waals surface area (Å²) in [4.78, 5) is 16.1. The zero-order valence-electron chi connectivity index (χ0n) is 11.2. The molecule has 2 N–H and O–H groups in total. The van der Waals surface area contributed by atoms with Gasteiger partial charge in [0.05, 0.1) is 6.42 Å². The van der Waals surface area contributed by atoms with Crippen LogP contribution in [-0.2, 0) is 17.8 Å². The van der Waals surface area contributed by atoms with E-state index >= 15 is 0 Å². The van der Waals surface area contributed by atoms with Crippen LogP contribution in [0.5, 0.6) is 0 Å². The summed E-state index contributed by atoms with van der Waals surface area (Å²) in [6.07, 6.45) is 4.70. The highest BCUT2D eigenvalue weighted by Crippen LogP contribution is 2.32. The van der Waals surface area contributed by atoms with E-state index in [1.54, 1.807) is 0 Å². The lowest BCUT2D eigenvalue weighted by molar-refractivity contribution is -0.119. The molecule has 1 aromatic rings. The van der Waals surface area contributed by atoms with Gasteiger partial charge < -0.3 is 5.73 Å². The van der Waals surface area contributed by atoms with Gasteiger partial charge in [0.2, 0.25) is 0 Å². The van der Waals surface area contributed by atoms with Gasteiger partial charge in [-0.05, 0) is 24.7 Å². The highest BCUT2D eigenvalue weighted by molar-refractivity contribution is 5.80. The first-order valence-corrected chi connectivity index (χ1v) is 6.70. The second-order valence-corrected chi connectivity index (χ2v) is 5.67. The minimum absolute atomic E-state index is 0.0407. The van der Waals surface area contributed by atoms with Crippen molar-refractivity contribution in [3.63, 3.8) is 0 Å². The number of aromatic nitrogens is 3. The highest BCUT2D eigenvalue weighted by atomic mass is 16.1. The van der Waals surface area contributed by atoms with E-state index in [4.69, 9.17) is 5.73 Å². The van der Waals surface area contributed by atoms with Gasteiger partial charge in [0.1, 0.15) is 17.9 Å². The number of hydrogen-bond acceptors (Lipinski definition) is 4. The van der Waals surface area contributed by atoms with Crippen LogP contribution in [-0.4, -0.2) is 26.6 Å². The average Bonchev–Trinajstić information content (AvgIpc) is 3.03. The average molecular weight is 250 g/mol. The van der Waals surface area contributed by atoms with Gasteiger partial charge in [0.25, 0.3) is 0 Å². The minimum Gasteiger partial charge on any atom is -0.327 e. The monoisotopic (exact) mass is 250 g/mol. The Labute approximate surface area is 108 Å². The molecule has 1 aromatic heterocycles. The number of nitrogens with two attached hydrogens (primary N) is 1. The number of ketones is 1. The fourth-order valence-electron chi connectivity index (χ4n) is 2.13. The summed E-state index contributed by atoms with van der Waals surface area (Å²) in [7, 11) is 0. The predicted molar refractivity (Wildman–Crippen MR) is 68.9 cm³/mol. The Morgan fingerprint density at radius 3 is 2.89 bits per heavy atom.